The van der Waals surface area contributed by atoms with Crippen LogP contribution in [0.2, 0.25) is 0 Å². The van der Waals surface area contributed by atoms with Gasteiger partial charge in [-0.05, 0) is 48.1 Å². The quantitative estimate of drug-likeness (QED) is 0.530. The molecule has 1 saturated carbocycles. The maximum absolute atomic E-state index is 12.7. The number of hydrogen-bond acceptors (Lipinski definition) is 2. The van der Waals surface area contributed by atoms with E-state index in [0.29, 0.717) is 6.42 Å². The molecule has 1 N–H and O–H groups in total. The predicted molar refractivity (Wildman–Crippen MR) is 95.1 cm³/mol. The predicted octanol–water partition coefficient (Wildman–Crippen LogP) is 5.09. The lowest BCUT2D eigenvalue weighted by Crippen LogP contribution is -2.18. The molecule has 1 aromatic carbocycles. The van der Waals surface area contributed by atoms with Gasteiger partial charge in [0.05, 0.1) is 0 Å². The summed E-state index contributed by atoms with van der Waals surface area (Å²) in [6.45, 7) is 2.13. The number of carboxylic acids is 1. The molecule has 0 unspecified atom stereocenters. The number of allylic oxidation sites excluding steroid dienone is 1. The van der Waals surface area contributed by atoms with Crippen molar-refractivity contribution in [2.24, 2.45) is 11.8 Å². The molecule has 0 radical (unpaired) electrons. The van der Waals surface area contributed by atoms with Crippen molar-refractivity contribution in [3.05, 3.63) is 39.9 Å². The average Bonchev–Trinajstić information content (AvgIpc) is 2.78. The second-order valence-corrected chi connectivity index (χ2v) is 7.17. The Hall–Kier alpha value is -1.42. The standard InChI is InChI=1S/C19H23BrO3/c1-2-3-4-5-17-14(12-18(21)22)11-15(19(17)23)10-13-6-8-16(20)9-7-13/h6-10,14,17H,2-5,11-12H2,1H3,(H,21,22)/t14-,17+/m0/s1. The van der Waals surface area contributed by atoms with E-state index in [-0.39, 0.29) is 24.0 Å². The minimum absolute atomic E-state index is 0.0569. The maximum Gasteiger partial charge on any atom is 0.303 e. The van der Waals surface area contributed by atoms with Gasteiger partial charge in [0.25, 0.3) is 0 Å². The zero-order chi connectivity index (χ0) is 16.8. The van der Waals surface area contributed by atoms with E-state index in [0.717, 1.165) is 41.3 Å². The summed E-state index contributed by atoms with van der Waals surface area (Å²) in [5.41, 5.74) is 1.76. The van der Waals surface area contributed by atoms with Crippen LogP contribution in [-0.2, 0) is 9.59 Å². The fourth-order valence-corrected chi connectivity index (χ4v) is 3.55. The Kier molecular flexibility index (Phi) is 6.58. The second kappa shape index (κ2) is 8.44. The first-order valence-corrected chi connectivity index (χ1v) is 9.02. The van der Waals surface area contributed by atoms with Crippen LogP contribution in [0.15, 0.2) is 34.3 Å². The van der Waals surface area contributed by atoms with Crippen LogP contribution in [-0.4, -0.2) is 16.9 Å². The van der Waals surface area contributed by atoms with Crippen LogP contribution in [0.25, 0.3) is 6.08 Å². The third-order valence-electron chi connectivity index (χ3n) is 4.47. The molecular weight excluding hydrogens is 356 g/mol. The molecule has 2 rings (SSSR count). The van der Waals surface area contributed by atoms with Gasteiger partial charge in [0.15, 0.2) is 5.78 Å². The van der Waals surface area contributed by atoms with Crippen molar-refractivity contribution in [2.75, 3.05) is 0 Å². The van der Waals surface area contributed by atoms with Gasteiger partial charge in [-0.25, -0.2) is 0 Å². The van der Waals surface area contributed by atoms with Crippen molar-refractivity contribution in [1.82, 2.24) is 0 Å². The SMILES string of the molecule is CCCCC[C@H]1C(=O)C(=Cc2ccc(Br)cc2)C[C@H]1CC(=O)O. The number of unbranched alkanes of at least 4 members (excludes halogenated alkanes) is 2. The van der Waals surface area contributed by atoms with E-state index in [9.17, 15) is 9.59 Å². The van der Waals surface area contributed by atoms with E-state index in [1.807, 2.05) is 30.3 Å². The number of carbonyl (C=O) groups excluding carboxylic acids is 1. The summed E-state index contributed by atoms with van der Waals surface area (Å²) in [5, 5.41) is 9.12. The first-order chi connectivity index (χ1) is 11.0. The second-order valence-electron chi connectivity index (χ2n) is 6.25. The van der Waals surface area contributed by atoms with Gasteiger partial charge < -0.3 is 5.11 Å². The molecule has 0 bridgehead atoms. The number of carboxylic acid groups (broad SMARTS) is 1. The van der Waals surface area contributed by atoms with Crippen molar-refractivity contribution >= 4 is 33.8 Å². The lowest BCUT2D eigenvalue weighted by Gasteiger charge is -2.15. The van der Waals surface area contributed by atoms with Gasteiger partial charge in [0, 0.05) is 16.8 Å². The Balaban J connectivity index is 2.16. The molecule has 0 spiro atoms. The third-order valence-corrected chi connectivity index (χ3v) is 5.00. The maximum atomic E-state index is 12.7. The van der Waals surface area contributed by atoms with E-state index < -0.39 is 5.97 Å². The Morgan fingerprint density at radius 3 is 2.61 bits per heavy atom. The van der Waals surface area contributed by atoms with Crippen molar-refractivity contribution in [2.45, 2.75) is 45.4 Å². The number of Topliss-reactive ketones (excluding diaryl/α,β-unsaturated/α-hetero) is 1. The molecule has 0 saturated heterocycles. The summed E-state index contributed by atoms with van der Waals surface area (Å²) < 4.78 is 0.999. The van der Waals surface area contributed by atoms with Gasteiger partial charge in [-0.2, -0.15) is 0 Å². The summed E-state index contributed by atoms with van der Waals surface area (Å²) in [7, 11) is 0. The highest BCUT2D eigenvalue weighted by Gasteiger charge is 2.38. The fourth-order valence-electron chi connectivity index (χ4n) is 3.29. The molecule has 4 heteroatoms. The van der Waals surface area contributed by atoms with Crippen LogP contribution < -0.4 is 0 Å². The zero-order valence-corrected chi connectivity index (χ0v) is 15.0. The van der Waals surface area contributed by atoms with Crippen LogP contribution in [0.1, 0.15) is 51.0 Å². The molecule has 124 valence electrons. The summed E-state index contributed by atoms with van der Waals surface area (Å²) >= 11 is 3.40. The van der Waals surface area contributed by atoms with Gasteiger partial charge in [0.2, 0.25) is 0 Å². The monoisotopic (exact) mass is 378 g/mol. The van der Waals surface area contributed by atoms with Crippen molar-refractivity contribution in [3.63, 3.8) is 0 Å². The van der Waals surface area contributed by atoms with E-state index in [1.54, 1.807) is 0 Å². The summed E-state index contributed by atoms with van der Waals surface area (Å²) in [4.78, 5) is 23.8. The number of rotatable bonds is 7. The molecule has 23 heavy (non-hydrogen) atoms. The van der Waals surface area contributed by atoms with E-state index in [1.165, 1.54) is 0 Å². The molecular formula is C19H23BrO3. The van der Waals surface area contributed by atoms with E-state index >= 15 is 0 Å². The first-order valence-electron chi connectivity index (χ1n) is 8.23. The minimum Gasteiger partial charge on any atom is -0.481 e. The molecule has 0 aromatic heterocycles. The summed E-state index contributed by atoms with van der Waals surface area (Å²) in [5.74, 6) is -0.846. The van der Waals surface area contributed by atoms with Gasteiger partial charge in [-0.3, -0.25) is 9.59 Å². The molecule has 0 amide bonds. The number of hydrogen-bond donors (Lipinski definition) is 1. The van der Waals surface area contributed by atoms with Gasteiger partial charge >= 0.3 is 5.97 Å². The molecule has 3 nitrogen and oxygen atoms in total. The highest BCUT2D eigenvalue weighted by Crippen LogP contribution is 2.39. The van der Waals surface area contributed by atoms with Crippen molar-refractivity contribution < 1.29 is 14.7 Å². The number of halogens is 1. The molecule has 1 aliphatic carbocycles. The van der Waals surface area contributed by atoms with Crippen LogP contribution in [0.3, 0.4) is 0 Å². The zero-order valence-electron chi connectivity index (χ0n) is 13.4. The lowest BCUT2D eigenvalue weighted by atomic mass is 9.88. The fraction of sp³-hybridized carbons (Fsp3) is 0.474. The largest absolute Gasteiger partial charge is 0.481 e. The highest BCUT2D eigenvalue weighted by molar-refractivity contribution is 9.10. The first kappa shape index (κ1) is 17.9. The average molecular weight is 379 g/mol. The highest BCUT2D eigenvalue weighted by atomic mass is 79.9. The minimum atomic E-state index is -0.812. The lowest BCUT2D eigenvalue weighted by molar-refractivity contribution is -0.138. The molecule has 2 atom stereocenters. The molecule has 1 aromatic rings. The van der Waals surface area contributed by atoms with Crippen LogP contribution in [0.5, 0.6) is 0 Å². The Morgan fingerprint density at radius 1 is 1.30 bits per heavy atom. The third kappa shape index (κ3) is 5.03. The van der Waals surface area contributed by atoms with Crippen LogP contribution in [0, 0.1) is 11.8 Å². The van der Waals surface area contributed by atoms with Gasteiger partial charge in [-0.15, -0.1) is 0 Å². The Bertz CT molecular complexity index is 589. The smallest absolute Gasteiger partial charge is 0.303 e. The molecule has 0 heterocycles. The molecule has 1 fully saturated rings. The summed E-state index contributed by atoms with van der Waals surface area (Å²) in [6.07, 6.45) is 6.58. The van der Waals surface area contributed by atoms with Gasteiger partial charge in [0.1, 0.15) is 0 Å². The van der Waals surface area contributed by atoms with Crippen molar-refractivity contribution in [3.8, 4) is 0 Å². The Labute approximate surface area is 145 Å². The Morgan fingerprint density at radius 2 is 2.00 bits per heavy atom. The van der Waals surface area contributed by atoms with Crippen LogP contribution in [0.4, 0.5) is 0 Å². The number of ketones is 1. The number of carbonyl (C=O) groups is 2. The van der Waals surface area contributed by atoms with Crippen molar-refractivity contribution in [1.29, 1.82) is 0 Å². The van der Waals surface area contributed by atoms with Gasteiger partial charge in [-0.1, -0.05) is 54.2 Å². The number of benzene rings is 1. The molecule has 1 aliphatic rings. The molecule has 0 aliphatic heterocycles. The normalized spacial score (nSPS) is 22.7. The van der Waals surface area contributed by atoms with Crippen LogP contribution >= 0.6 is 15.9 Å². The summed E-state index contributed by atoms with van der Waals surface area (Å²) in [6, 6.07) is 7.81. The van der Waals surface area contributed by atoms with E-state index in [4.69, 9.17) is 5.11 Å². The van der Waals surface area contributed by atoms with E-state index in [2.05, 4.69) is 22.9 Å². The topological polar surface area (TPSA) is 54.4 Å². The number of aliphatic carboxylic acids is 1.